The van der Waals surface area contributed by atoms with Gasteiger partial charge >= 0.3 is 0 Å². The number of nitrogens with one attached hydrogen (secondary N) is 1. The Bertz CT molecular complexity index is 447. The first-order chi connectivity index (χ1) is 9.67. The average molecular weight is 275 g/mol. The summed E-state index contributed by atoms with van der Waals surface area (Å²) in [4.78, 5) is 14.3. The molecule has 1 aliphatic heterocycles. The van der Waals surface area contributed by atoms with E-state index >= 15 is 0 Å². The number of nitrogens with zero attached hydrogens (tertiary/aromatic N) is 1. The molecule has 4 nitrogen and oxygen atoms in total. The minimum atomic E-state index is 0.0468. The second kappa shape index (κ2) is 7.29. The highest BCUT2D eigenvalue weighted by atomic mass is 16.2. The molecule has 1 fully saturated rings. The lowest BCUT2D eigenvalue weighted by Gasteiger charge is -2.19. The summed E-state index contributed by atoms with van der Waals surface area (Å²) in [6.07, 6.45) is 4.96. The fourth-order valence-corrected chi connectivity index (χ4v) is 2.81. The summed E-state index contributed by atoms with van der Waals surface area (Å²) in [7, 11) is 0. The molecule has 1 aliphatic rings. The Hall–Kier alpha value is -1.55. The van der Waals surface area contributed by atoms with Crippen molar-refractivity contribution in [1.29, 1.82) is 0 Å². The molecule has 0 saturated carbocycles. The van der Waals surface area contributed by atoms with Crippen molar-refractivity contribution >= 4 is 17.3 Å². The molecule has 0 aromatic heterocycles. The molecule has 1 unspecified atom stereocenters. The summed E-state index contributed by atoms with van der Waals surface area (Å²) in [6, 6.07) is 7.31. The maximum Gasteiger partial charge on any atom is 0.238 e. The molecule has 4 heteroatoms. The predicted molar refractivity (Wildman–Crippen MR) is 83.6 cm³/mol. The van der Waals surface area contributed by atoms with Crippen LogP contribution in [-0.4, -0.2) is 30.4 Å². The average Bonchev–Trinajstić information content (AvgIpc) is 2.63. The largest absolute Gasteiger partial charge is 0.399 e. The molecule has 1 saturated heterocycles. The van der Waals surface area contributed by atoms with E-state index in [1.807, 2.05) is 18.2 Å². The fourth-order valence-electron chi connectivity index (χ4n) is 2.81. The maximum atomic E-state index is 12.1. The molecule has 1 amide bonds. The van der Waals surface area contributed by atoms with Crippen LogP contribution in [0, 0.1) is 5.92 Å². The molecule has 1 aromatic carbocycles. The first-order valence-corrected chi connectivity index (χ1v) is 7.55. The van der Waals surface area contributed by atoms with Crippen LogP contribution in [0.4, 0.5) is 11.4 Å². The van der Waals surface area contributed by atoms with E-state index in [0.29, 0.717) is 12.2 Å². The van der Waals surface area contributed by atoms with Gasteiger partial charge in [0.25, 0.3) is 0 Å². The van der Waals surface area contributed by atoms with Crippen molar-refractivity contribution in [2.45, 2.75) is 32.6 Å². The quantitative estimate of drug-likeness (QED) is 0.831. The molecule has 1 aromatic rings. The van der Waals surface area contributed by atoms with Gasteiger partial charge in [0.15, 0.2) is 0 Å². The second-order valence-electron chi connectivity index (χ2n) is 5.65. The van der Waals surface area contributed by atoms with Crippen molar-refractivity contribution in [3.8, 4) is 0 Å². The van der Waals surface area contributed by atoms with E-state index in [9.17, 15) is 4.79 Å². The van der Waals surface area contributed by atoms with Gasteiger partial charge in [0, 0.05) is 11.4 Å². The number of likely N-dealkylation sites (tertiary alicyclic amines) is 1. The number of benzene rings is 1. The van der Waals surface area contributed by atoms with Gasteiger partial charge in [0.05, 0.1) is 6.54 Å². The monoisotopic (exact) mass is 275 g/mol. The molecule has 3 N–H and O–H groups in total. The lowest BCUT2D eigenvalue weighted by molar-refractivity contribution is -0.117. The number of carbonyl (C=O) groups excluding carboxylic acids is 1. The van der Waals surface area contributed by atoms with E-state index in [4.69, 9.17) is 5.73 Å². The van der Waals surface area contributed by atoms with Gasteiger partial charge in [0.1, 0.15) is 0 Å². The zero-order valence-electron chi connectivity index (χ0n) is 12.3. The molecular weight excluding hydrogens is 250 g/mol. The van der Waals surface area contributed by atoms with Crippen molar-refractivity contribution in [1.82, 2.24) is 4.90 Å². The highest BCUT2D eigenvalue weighted by Crippen LogP contribution is 2.20. The predicted octanol–water partition coefficient (Wildman–Crippen LogP) is 2.72. The number of anilines is 2. The summed E-state index contributed by atoms with van der Waals surface area (Å²) < 4.78 is 0. The van der Waals surface area contributed by atoms with Crippen LogP contribution in [0.25, 0.3) is 0 Å². The highest BCUT2D eigenvalue weighted by Gasteiger charge is 2.17. The SMILES string of the molecule is CCC1CCCN(CC(=O)Nc2cccc(N)c2)CC1. The van der Waals surface area contributed by atoms with Gasteiger partial charge in [-0.25, -0.2) is 0 Å². The van der Waals surface area contributed by atoms with Crippen LogP contribution >= 0.6 is 0 Å². The van der Waals surface area contributed by atoms with Gasteiger partial charge in [-0.2, -0.15) is 0 Å². The highest BCUT2D eigenvalue weighted by molar-refractivity contribution is 5.92. The molecule has 0 aliphatic carbocycles. The Morgan fingerprint density at radius 2 is 2.25 bits per heavy atom. The lowest BCUT2D eigenvalue weighted by atomic mass is 9.98. The maximum absolute atomic E-state index is 12.1. The van der Waals surface area contributed by atoms with Crippen LogP contribution in [0.15, 0.2) is 24.3 Å². The Balaban J connectivity index is 1.82. The second-order valence-corrected chi connectivity index (χ2v) is 5.65. The van der Waals surface area contributed by atoms with Crippen LogP contribution in [0.2, 0.25) is 0 Å². The summed E-state index contributed by atoms with van der Waals surface area (Å²) in [5, 5.41) is 2.92. The van der Waals surface area contributed by atoms with Crippen molar-refractivity contribution < 1.29 is 4.79 Å². The molecule has 0 spiro atoms. The van der Waals surface area contributed by atoms with Crippen LogP contribution in [0.1, 0.15) is 32.6 Å². The molecule has 1 atom stereocenters. The van der Waals surface area contributed by atoms with E-state index in [1.54, 1.807) is 6.07 Å². The standard InChI is InChI=1S/C16H25N3O/c1-2-13-5-4-9-19(10-8-13)12-16(20)18-15-7-3-6-14(17)11-15/h3,6-7,11,13H,2,4-5,8-10,12,17H2,1H3,(H,18,20). The molecule has 2 rings (SSSR count). The Kier molecular flexibility index (Phi) is 5.41. The van der Waals surface area contributed by atoms with Gasteiger partial charge in [-0.15, -0.1) is 0 Å². The summed E-state index contributed by atoms with van der Waals surface area (Å²) >= 11 is 0. The van der Waals surface area contributed by atoms with Crippen LogP contribution in [0.3, 0.4) is 0 Å². The number of amides is 1. The molecule has 0 bridgehead atoms. The van der Waals surface area contributed by atoms with Crippen LogP contribution in [0.5, 0.6) is 0 Å². The number of nitrogen functional groups attached to an aromatic ring is 1. The van der Waals surface area contributed by atoms with Crippen molar-refractivity contribution in [2.75, 3.05) is 30.7 Å². The van der Waals surface area contributed by atoms with Gasteiger partial charge in [0.2, 0.25) is 5.91 Å². The van der Waals surface area contributed by atoms with Crippen LogP contribution < -0.4 is 11.1 Å². The topological polar surface area (TPSA) is 58.4 Å². The molecular formula is C16H25N3O. The van der Waals surface area contributed by atoms with Crippen LogP contribution in [-0.2, 0) is 4.79 Å². The van der Waals surface area contributed by atoms with E-state index in [1.165, 1.54) is 25.7 Å². The number of nitrogens with two attached hydrogens (primary N) is 1. The van der Waals surface area contributed by atoms with Crippen molar-refractivity contribution in [3.63, 3.8) is 0 Å². The van der Waals surface area contributed by atoms with E-state index in [-0.39, 0.29) is 5.91 Å². The smallest absolute Gasteiger partial charge is 0.238 e. The summed E-state index contributed by atoms with van der Waals surface area (Å²) in [6.45, 7) is 4.79. The third kappa shape index (κ3) is 4.53. The zero-order valence-corrected chi connectivity index (χ0v) is 12.3. The normalized spacial score (nSPS) is 20.4. The molecule has 110 valence electrons. The third-order valence-corrected chi connectivity index (χ3v) is 4.06. The Morgan fingerprint density at radius 3 is 3.00 bits per heavy atom. The molecule has 1 heterocycles. The van der Waals surface area contributed by atoms with E-state index < -0.39 is 0 Å². The third-order valence-electron chi connectivity index (χ3n) is 4.06. The Labute approximate surface area is 121 Å². The van der Waals surface area contributed by atoms with Gasteiger partial charge < -0.3 is 11.1 Å². The molecule has 0 radical (unpaired) electrons. The van der Waals surface area contributed by atoms with E-state index in [2.05, 4.69) is 17.1 Å². The van der Waals surface area contributed by atoms with Crippen molar-refractivity contribution in [3.05, 3.63) is 24.3 Å². The number of hydrogen-bond donors (Lipinski definition) is 2. The number of hydrogen-bond acceptors (Lipinski definition) is 3. The Morgan fingerprint density at radius 1 is 1.40 bits per heavy atom. The lowest BCUT2D eigenvalue weighted by Crippen LogP contribution is -2.34. The number of rotatable bonds is 4. The summed E-state index contributed by atoms with van der Waals surface area (Å²) in [5.74, 6) is 0.877. The van der Waals surface area contributed by atoms with Gasteiger partial charge in [-0.3, -0.25) is 9.69 Å². The minimum absolute atomic E-state index is 0.0468. The van der Waals surface area contributed by atoms with Crippen molar-refractivity contribution in [2.24, 2.45) is 5.92 Å². The minimum Gasteiger partial charge on any atom is -0.399 e. The fraction of sp³-hybridized carbons (Fsp3) is 0.562. The van der Waals surface area contributed by atoms with E-state index in [0.717, 1.165) is 24.7 Å². The van der Waals surface area contributed by atoms with Gasteiger partial charge in [-0.05, 0) is 56.5 Å². The zero-order chi connectivity index (χ0) is 14.4. The first-order valence-electron chi connectivity index (χ1n) is 7.55. The molecule has 20 heavy (non-hydrogen) atoms. The summed E-state index contributed by atoms with van der Waals surface area (Å²) in [5.41, 5.74) is 7.15. The first kappa shape index (κ1) is 14.9. The van der Waals surface area contributed by atoms with Gasteiger partial charge in [-0.1, -0.05) is 19.4 Å². The number of carbonyl (C=O) groups is 1.